The molecule has 0 saturated heterocycles. The predicted octanol–water partition coefficient (Wildman–Crippen LogP) is 7.93. The van der Waals surface area contributed by atoms with Crippen LogP contribution in [-0.4, -0.2) is 25.0 Å². The first kappa shape index (κ1) is 27.4. The van der Waals surface area contributed by atoms with E-state index in [1.165, 1.54) is 64.2 Å². The number of benzene rings is 1. The molecule has 0 unspecified atom stereocenters. The van der Waals surface area contributed by atoms with Gasteiger partial charge in [0.1, 0.15) is 5.75 Å². The Labute approximate surface area is 201 Å². The molecule has 4 heteroatoms. The molecule has 1 aliphatic carbocycles. The fourth-order valence-electron chi connectivity index (χ4n) is 4.69. The van der Waals surface area contributed by atoms with Gasteiger partial charge in [-0.2, -0.15) is 0 Å². The maximum atomic E-state index is 12.4. The summed E-state index contributed by atoms with van der Waals surface area (Å²) in [5.41, 5.74) is 0.561. The number of Topliss-reactive ketones (excluding diaryl/α,β-unsaturated/α-hetero) is 1. The lowest BCUT2D eigenvalue weighted by molar-refractivity contribution is -0.148. The van der Waals surface area contributed by atoms with Crippen LogP contribution in [-0.2, 0) is 9.53 Å². The third kappa shape index (κ3) is 11.2. The number of unbranched alkanes of at least 4 members (excludes halogenated alkanes) is 8. The zero-order chi connectivity index (χ0) is 23.7. The average molecular weight is 459 g/mol. The number of ether oxygens (including phenoxy) is 2. The summed E-state index contributed by atoms with van der Waals surface area (Å²) < 4.78 is 11.1. The highest BCUT2D eigenvalue weighted by molar-refractivity contribution is 5.98. The summed E-state index contributed by atoms with van der Waals surface area (Å²) in [5.74, 6) is 1.14. The van der Waals surface area contributed by atoms with E-state index >= 15 is 0 Å². The number of rotatable bonds is 17. The number of carbonyl (C=O) groups is 2. The minimum atomic E-state index is -0.202. The van der Waals surface area contributed by atoms with Crippen molar-refractivity contribution in [3.05, 3.63) is 29.8 Å². The van der Waals surface area contributed by atoms with E-state index in [1.807, 2.05) is 12.1 Å². The van der Waals surface area contributed by atoms with Crippen molar-refractivity contribution in [2.24, 2.45) is 11.8 Å². The van der Waals surface area contributed by atoms with E-state index in [1.54, 1.807) is 12.1 Å². The first-order valence-electron chi connectivity index (χ1n) is 13.6. The number of carbonyl (C=O) groups excluding carboxylic acids is 2. The van der Waals surface area contributed by atoms with Gasteiger partial charge in [-0.3, -0.25) is 9.59 Å². The smallest absolute Gasteiger partial charge is 0.309 e. The zero-order valence-corrected chi connectivity index (χ0v) is 21.1. The monoisotopic (exact) mass is 458 g/mol. The van der Waals surface area contributed by atoms with Crippen molar-refractivity contribution in [1.82, 2.24) is 0 Å². The number of ketones is 1. The van der Waals surface area contributed by atoms with Gasteiger partial charge in [0.15, 0.2) is 12.4 Å². The van der Waals surface area contributed by atoms with E-state index in [9.17, 15) is 9.59 Å². The van der Waals surface area contributed by atoms with Gasteiger partial charge in [0.2, 0.25) is 0 Å². The molecule has 0 radical (unpaired) electrons. The van der Waals surface area contributed by atoms with Gasteiger partial charge in [0, 0.05) is 5.56 Å². The molecule has 0 amide bonds. The number of hydrogen-bond acceptors (Lipinski definition) is 4. The van der Waals surface area contributed by atoms with E-state index in [-0.39, 0.29) is 24.3 Å². The molecule has 0 aromatic heterocycles. The van der Waals surface area contributed by atoms with Crippen LogP contribution >= 0.6 is 0 Å². The van der Waals surface area contributed by atoms with Crippen molar-refractivity contribution < 1.29 is 19.1 Å². The number of esters is 1. The SMILES string of the molecule is CCCCCCCCOc1ccc(C(=O)COC(=O)C2CCC(CCCCCC)CC2)cc1. The minimum absolute atomic E-state index is 0.0394. The molecule has 0 bridgehead atoms. The summed E-state index contributed by atoms with van der Waals surface area (Å²) >= 11 is 0. The molecule has 1 fully saturated rings. The molecule has 0 spiro atoms. The average Bonchev–Trinajstić information content (AvgIpc) is 2.85. The van der Waals surface area contributed by atoms with Gasteiger partial charge in [-0.05, 0) is 62.3 Å². The Hall–Kier alpha value is -1.84. The van der Waals surface area contributed by atoms with Crippen LogP contribution in [0.4, 0.5) is 0 Å². The fourth-order valence-corrected chi connectivity index (χ4v) is 4.69. The van der Waals surface area contributed by atoms with Gasteiger partial charge in [0.05, 0.1) is 12.5 Å². The lowest BCUT2D eigenvalue weighted by Gasteiger charge is -2.27. The third-order valence-corrected chi connectivity index (χ3v) is 6.93. The highest BCUT2D eigenvalue weighted by Crippen LogP contribution is 2.32. The van der Waals surface area contributed by atoms with Crippen LogP contribution in [0.15, 0.2) is 24.3 Å². The molecule has 0 aliphatic heterocycles. The fraction of sp³-hybridized carbons (Fsp3) is 0.724. The summed E-state index contributed by atoms with van der Waals surface area (Å²) in [5, 5.41) is 0. The quantitative estimate of drug-likeness (QED) is 0.135. The molecule has 0 heterocycles. The molecule has 0 atom stereocenters. The summed E-state index contributed by atoms with van der Waals surface area (Å²) in [6.07, 6.45) is 17.9. The second-order valence-corrected chi connectivity index (χ2v) is 9.74. The van der Waals surface area contributed by atoms with Crippen molar-refractivity contribution in [2.45, 2.75) is 110 Å². The third-order valence-electron chi connectivity index (χ3n) is 6.93. The molecule has 186 valence electrons. The predicted molar refractivity (Wildman–Crippen MR) is 135 cm³/mol. The van der Waals surface area contributed by atoms with Crippen LogP contribution in [0.25, 0.3) is 0 Å². The lowest BCUT2D eigenvalue weighted by atomic mass is 9.80. The Morgan fingerprint density at radius 2 is 1.39 bits per heavy atom. The van der Waals surface area contributed by atoms with Crippen LogP contribution in [0.3, 0.4) is 0 Å². The highest BCUT2D eigenvalue weighted by atomic mass is 16.5. The van der Waals surface area contributed by atoms with Crippen LogP contribution in [0, 0.1) is 11.8 Å². The molecule has 1 aliphatic rings. The second-order valence-electron chi connectivity index (χ2n) is 9.74. The minimum Gasteiger partial charge on any atom is -0.494 e. The van der Waals surface area contributed by atoms with Crippen molar-refractivity contribution >= 4 is 11.8 Å². The van der Waals surface area contributed by atoms with Gasteiger partial charge in [-0.1, -0.05) is 78.1 Å². The molecule has 33 heavy (non-hydrogen) atoms. The standard InChI is InChI=1S/C29H46O4/c1-3-5-7-9-10-12-22-32-27-20-18-25(19-21-27)28(30)23-33-29(31)26-16-14-24(15-17-26)13-11-8-6-4-2/h18-21,24,26H,3-17,22-23H2,1-2H3. The van der Waals surface area contributed by atoms with Crippen molar-refractivity contribution in [2.75, 3.05) is 13.2 Å². The van der Waals surface area contributed by atoms with Gasteiger partial charge in [0.25, 0.3) is 0 Å². The van der Waals surface area contributed by atoms with Gasteiger partial charge >= 0.3 is 5.97 Å². The lowest BCUT2D eigenvalue weighted by Crippen LogP contribution is -2.25. The molecular weight excluding hydrogens is 412 g/mol. The van der Waals surface area contributed by atoms with Crippen molar-refractivity contribution in [1.29, 1.82) is 0 Å². The zero-order valence-electron chi connectivity index (χ0n) is 21.1. The Morgan fingerprint density at radius 1 is 0.788 bits per heavy atom. The van der Waals surface area contributed by atoms with E-state index in [0.717, 1.165) is 43.8 Å². The molecule has 1 aromatic rings. The maximum absolute atomic E-state index is 12.4. The first-order chi connectivity index (χ1) is 16.1. The van der Waals surface area contributed by atoms with Crippen LogP contribution in [0.5, 0.6) is 5.75 Å². The molecule has 1 saturated carbocycles. The van der Waals surface area contributed by atoms with Crippen LogP contribution in [0.2, 0.25) is 0 Å². The van der Waals surface area contributed by atoms with Crippen molar-refractivity contribution in [3.8, 4) is 5.75 Å². The summed E-state index contributed by atoms with van der Waals surface area (Å²) in [7, 11) is 0. The normalized spacial score (nSPS) is 18.1. The summed E-state index contributed by atoms with van der Waals surface area (Å²) in [6.45, 7) is 5.00. The summed E-state index contributed by atoms with van der Waals surface area (Å²) in [4.78, 5) is 24.9. The van der Waals surface area contributed by atoms with Crippen molar-refractivity contribution in [3.63, 3.8) is 0 Å². The van der Waals surface area contributed by atoms with E-state index < -0.39 is 0 Å². The molecule has 2 rings (SSSR count). The maximum Gasteiger partial charge on any atom is 0.309 e. The topological polar surface area (TPSA) is 52.6 Å². The Bertz CT molecular complexity index is 659. The van der Waals surface area contributed by atoms with Gasteiger partial charge in [-0.15, -0.1) is 0 Å². The second kappa shape index (κ2) is 16.7. The summed E-state index contributed by atoms with van der Waals surface area (Å²) in [6, 6.07) is 7.18. The molecular formula is C29H46O4. The molecule has 0 N–H and O–H groups in total. The van der Waals surface area contributed by atoms with E-state index in [2.05, 4.69) is 13.8 Å². The number of hydrogen-bond donors (Lipinski definition) is 0. The molecule has 4 nitrogen and oxygen atoms in total. The van der Waals surface area contributed by atoms with E-state index in [4.69, 9.17) is 9.47 Å². The Morgan fingerprint density at radius 3 is 2.06 bits per heavy atom. The van der Waals surface area contributed by atoms with E-state index in [0.29, 0.717) is 12.2 Å². The highest BCUT2D eigenvalue weighted by Gasteiger charge is 2.27. The van der Waals surface area contributed by atoms with Crippen LogP contribution in [0.1, 0.15) is 121 Å². The Balaban J connectivity index is 1.60. The Kier molecular flexibility index (Phi) is 13.9. The first-order valence-corrected chi connectivity index (χ1v) is 13.6. The van der Waals surface area contributed by atoms with Gasteiger partial charge in [-0.25, -0.2) is 0 Å². The molecule has 1 aromatic carbocycles. The largest absolute Gasteiger partial charge is 0.494 e. The van der Waals surface area contributed by atoms with Crippen LogP contribution < -0.4 is 4.74 Å². The van der Waals surface area contributed by atoms with Gasteiger partial charge < -0.3 is 9.47 Å².